The van der Waals surface area contributed by atoms with Crippen molar-refractivity contribution < 1.29 is 4.79 Å². The number of aromatic nitrogens is 4. The zero-order valence-electron chi connectivity index (χ0n) is 12.4. The molecule has 1 fully saturated rings. The minimum atomic E-state index is -0.276. The molecule has 0 aliphatic heterocycles. The molecule has 1 aliphatic carbocycles. The van der Waals surface area contributed by atoms with Crippen LogP contribution in [0, 0.1) is 0 Å². The second-order valence-electron chi connectivity index (χ2n) is 5.77. The molecule has 7 nitrogen and oxygen atoms in total. The fourth-order valence-corrected chi connectivity index (χ4v) is 2.87. The average Bonchev–Trinajstić information content (AvgIpc) is 3.18. The maximum absolute atomic E-state index is 12.3. The summed E-state index contributed by atoms with van der Waals surface area (Å²) in [5, 5.41) is 11.0. The van der Waals surface area contributed by atoms with Gasteiger partial charge in [0.15, 0.2) is 5.69 Å². The highest BCUT2D eigenvalue weighted by Crippen LogP contribution is 2.28. The summed E-state index contributed by atoms with van der Waals surface area (Å²) >= 11 is 0. The van der Waals surface area contributed by atoms with E-state index >= 15 is 0 Å². The molecule has 0 atom stereocenters. The Bertz CT molecular complexity index is 632. The second-order valence-corrected chi connectivity index (χ2v) is 5.77. The quantitative estimate of drug-likeness (QED) is 0.848. The molecule has 1 saturated carbocycles. The van der Waals surface area contributed by atoms with Crippen LogP contribution in [-0.2, 0) is 6.54 Å². The third-order valence-corrected chi connectivity index (χ3v) is 4.15. The number of nitrogens with two attached hydrogens (primary N) is 1. The molecule has 116 valence electrons. The van der Waals surface area contributed by atoms with Gasteiger partial charge in [0.1, 0.15) is 0 Å². The Labute approximate surface area is 128 Å². The molecule has 7 heteroatoms. The number of nitrogens with one attached hydrogen (secondary N) is 1. The van der Waals surface area contributed by atoms with Gasteiger partial charge in [0.25, 0.3) is 5.91 Å². The van der Waals surface area contributed by atoms with Crippen molar-refractivity contribution in [3.05, 3.63) is 42.0 Å². The molecular formula is C15H20N6O. The number of amides is 1. The standard InChI is InChI=1S/C15H20N6O/c16-11-15(6-2-3-7-15)18-14(22)13-10-21(20-19-13)9-12-5-1-4-8-17-12/h1,4-5,8,10H,2-3,6-7,9,11,16H2,(H,18,22). The van der Waals surface area contributed by atoms with Gasteiger partial charge in [-0.1, -0.05) is 24.1 Å². The van der Waals surface area contributed by atoms with E-state index in [1.807, 2.05) is 18.2 Å². The van der Waals surface area contributed by atoms with Crippen LogP contribution in [0.2, 0.25) is 0 Å². The number of pyridine rings is 1. The third-order valence-electron chi connectivity index (χ3n) is 4.15. The van der Waals surface area contributed by atoms with Crippen molar-refractivity contribution in [1.29, 1.82) is 0 Å². The zero-order chi connectivity index (χ0) is 15.4. The van der Waals surface area contributed by atoms with Crippen molar-refractivity contribution in [3.63, 3.8) is 0 Å². The SMILES string of the molecule is NCC1(NC(=O)c2cn(Cc3ccccn3)nn2)CCCC1. The van der Waals surface area contributed by atoms with Gasteiger partial charge in [-0.2, -0.15) is 0 Å². The maximum Gasteiger partial charge on any atom is 0.273 e. The minimum Gasteiger partial charge on any atom is -0.344 e. The Morgan fingerprint density at radius 1 is 1.36 bits per heavy atom. The van der Waals surface area contributed by atoms with Crippen molar-refractivity contribution in [3.8, 4) is 0 Å². The van der Waals surface area contributed by atoms with Crippen molar-refractivity contribution in [2.45, 2.75) is 37.8 Å². The molecule has 0 radical (unpaired) electrons. The summed E-state index contributed by atoms with van der Waals surface area (Å²) < 4.78 is 1.61. The van der Waals surface area contributed by atoms with Crippen LogP contribution in [0.25, 0.3) is 0 Å². The molecule has 0 unspecified atom stereocenters. The molecule has 1 aliphatic rings. The number of carbonyl (C=O) groups excluding carboxylic acids is 1. The summed E-state index contributed by atoms with van der Waals surface area (Å²) in [6, 6.07) is 5.68. The summed E-state index contributed by atoms with van der Waals surface area (Å²) in [7, 11) is 0. The van der Waals surface area contributed by atoms with Gasteiger partial charge in [0, 0.05) is 12.7 Å². The number of hydrogen-bond donors (Lipinski definition) is 2. The highest BCUT2D eigenvalue weighted by atomic mass is 16.2. The Hall–Kier alpha value is -2.28. The average molecular weight is 300 g/mol. The lowest BCUT2D eigenvalue weighted by Gasteiger charge is -2.28. The van der Waals surface area contributed by atoms with Gasteiger partial charge < -0.3 is 11.1 Å². The lowest BCUT2D eigenvalue weighted by atomic mass is 9.98. The molecular weight excluding hydrogens is 280 g/mol. The third kappa shape index (κ3) is 3.14. The summed E-state index contributed by atoms with van der Waals surface area (Å²) in [5.74, 6) is -0.209. The zero-order valence-corrected chi connectivity index (χ0v) is 12.4. The summed E-state index contributed by atoms with van der Waals surface area (Å²) in [6.07, 6.45) is 7.43. The van der Waals surface area contributed by atoms with Crippen LogP contribution >= 0.6 is 0 Å². The van der Waals surface area contributed by atoms with Crippen LogP contribution in [-0.4, -0.2) is 38.0 Å². The van der Waals surface area contributed by atoms with Gasteiger partial charge >= 0.3 is 0 Å². The van der Waals surface area contributed by atoms with Crippen molar-refractivity contribution in [2.75, 3.05) is 6.54 Å². The van der Waals surface area contributed by atoms with E-state index < -0.39 is 0 Å². The van der Waals surface area contributed by atoms with E-state index in [2.05, 4.69) is 20.6 Å². The largest absolute Gasteiger partial charge is 0.344 e. The molecule has 3 N–H and O–H groups in total. The smallest absolute Gasteiger partial charge is 0.273 e. The molecule has 0 saturated heterocycles. The van der Waals surface area contributed by atoms with E-state index in [1.165, 1.54) is 0 Å². The summed E-state index contributed by atoms with van der Waals surface area (Å²) in [4.78, 5) is 16.6. The van der Waals surface area contributed by atoms with Crippen LogP contribution in [0.15, 0.2) is 30.6 Å². The fraction of sp³-hybridized carbons (Fsp3) is 0.467. The van der Waals surface area contributed by atoms with Crippen LogP contribution in [0.1, 0.15) is 41.9 Å². The Balaban J connectivity index is 1.66. The lowest BCUT2D eigenvalue weighted by molar-refractivity contribution is 0.0898. The van der Waals surface area contributed by atoms with E-state index in [0.717, 1.165) is 31.4 Å². The molecule has 0 spiro atoms. The first-order valence-electron chi connectivity index (χ1n) is 7.53. The van der Waals surface area contributed by atoms with Gasteiger partial charge in [0.05, 0.1) is 24.0 Å². The van der Waals surface area contributed by atoms with E-state index in [9.17, 15) is 4.79 Å². The van der Waals surface area contributed by atoms with Crippen molar-refractivity contribution in [1.82, 2.24) is 25.3 Å². The number of carbonyl (C=O) groups is 1. The highest BCUT2D eigenvalue weighted by Gasteiger charge is 2.34. The predicted molar refractivity (Wildman–Crippen MR) is 81.1 cm³/mol. The van der Waals surface area contributed by atoms with Crippen molar-refractivity contribution >= 4 is 5.91 Å². The molecule has 22 heavy (non-hydrogen) atoms. The van der Waals surface area contributed by atoms with E-state index in [0.29, 0.717) is 18.8 Å². The lowest BCUT2D eigenvalue weighted by Crippen LogP contribution is -2.51. The number of hydrogen-bond acceptors (Lipinski definition) is 5. The molecule has 0 bridgehead atoms. The Morgan fingerprint density at radius 3 is 2.86 bits per heavy atom. The first-order chi connectivity index (χ1) is 10.7. The normalized spacial score (nSPS) is 16.6. The van der Waals surface area contributed by atoms with Gasteiger partial charge in [-0.15, -0.1) is 5.10 Å². The van der Waals surface area contributed by atoms with Crippen LogP contribution in [0.3, 0.4) is 0 Å². The first-order valence-corrected chi connectivity index (χ1v) is 7.53. The molecule has 2 aromatic rings. The monoisotopic (exact) mass is 300 g/mol. The molecule has 0 aromatic carbocycles. The molecule has 2 heterocycles. The number of rotatable bonds is 5. The second kappa shape index (κ2) is 6.23. The fourth-order valence-electron chi connectivity index (χ4n) is 2.87. The van der Waals surface area contributed by atoms with Crippen molar-refractivity contribution in [2.24, 2.45) is 5.73 Å². The Morgan fingerprint density at radius 2 is 2.18 bits per heavy atom. The predicted octanol–water partition coefficient (Wildman–Crippen LogP) is 0.723. The minimum absolute atomic E-state index is 0.209. The van der Waals surface area contributed by atoms with E-state index in [-0.39, 0.29) is 11.4 Å². The summed E-state index contributed by atoms with van der Waals surface area (Å²) in [6.45, 7) is 0.948. The molecule has 1 amide bonds. The van der Waals surface area contributed by atoms with Crippen LogP contribution in [0.5, 0.6) is 0 Å². The summed E-state index contributed by atoms with van der Waals surface area (Å²) in [5.41, 5.74) is 6.75. The molecule has 3 rings (SSSR count). The topological polar surface area (TPSA) is 98.7 Å². The Kier molecular flexibility index (Phi) is 4.15. The molecule has 2 aromatic heterocycles. The van der Waals surface area contributed by atoms with Crippen LogP contribution in [0.4, 0.5) is 0 Å². The van der Waals surface area contributed by atoms with Gasteiger partial charge in [0.2, 0.25) is 0 Å². The van der Waals surface area contributed by atoms with Gasteiger partial charge in [-0.05, 0) is 25.0 Å². The van der Waals surface area contributed by atoms with Crippen LogP contribution < -0.4 is 11.1 Å². The first kappa shape index (κ1) is 14.6. The number of nitrogens with zero attached hydrogens (tertiary/aromatic N) is 4. The van der Waals surface area contributed by atoms with E-state index in [4.69, 9.17) is 5.73 Å². The highest BCUT2D eigenvalue weighted by molar-refractivity contribution is 5.92. The maximum atomic E-state index is 12.3. The van der Waals surface area contributed by atoms with Gasteiger partial charge in [-0.3, -0.25) is 9.78 Å². The van der Waals surface area contributed by atoms with Gasteiger partial charge in [-0.25, -0.2) is 4.68 Å². The van der Waals surface area contributed by atoms with E-state index in [1.54, 1.807) is 17.1 Å².